The van der Waals surface area contributed by atoms with Crippen LogP contribution in [0.4, 0.5) is 0 Å². The Hall–Kier alpha value is -1.97. The molecule has 2 atom stereocenters. The number of hydrogen-bond acceptors (Lipinski definition) is 6. The van der Waals surface area contributed by atoms with Crippen LogP contribution in [0.15, 0.2) is 29.2 Å². The first-order chi connectivity index (χ1) is 13.7. The van der Waals surface area contributed by atoms with Gasteiger partial charge < -0.3 is 14.4 Å². The standard InChI is InChI=1S/C20H28N2O6S/c1-14-12-22(13-15(2)28-14)29(25,26)18-6-4-16(5-7-18)19(23)21-10-8-17(9-11-21)20(24)27-3/h4-7,14-15,17H,8-13H2,1-3H3/t14-,15-/m1/s1. The average Bonchev–Trinajstić information content (AvgIpc) is 2.72. The Bertz CT molecular complexity index is 836. The number of likely N-dealkylation sites (tertiary alicyclic amines) is 1. The maximum Gasteiger partial charge on any atom is 0.308 e. The summed E-state index contributed by atoms with van der Waals surface area (Å²) in [5.41, 5.74) is 0.434. The van der Waals surface area contributed by atoms with Crippen LogP contribution >= 0.6 is 0 Å². The zero-order chi connectivity index (χ0) is 21.2. The van der Waals surface area contributed by atoms with Gasteiger partial charge >= 0.3 is 5.97 Å². The molecular weight excluding hydrogens is 396 g/mol. The molecule has 1 aromatic rings. The van der Waals surface area contributed by atoms with E-state index < -0.39 is 10.0 Å². The van der Waals surface area contributed by atoms with E-state index in [4.69, 9.17) is 9.47 Å². The van der Waals surface area contributed by atoms with Crippen molar-refractivity contribution < 1.29 is 27.5 Å². The summed E-state index contributed by atoms with van der Waals surface area (Å²) < 4.78 is 37.6. The van der Waals surface area contributed by atoms with Crippen molar-refractivity contribution in [3.63, 3.8) is 0 Å². The predicted molar refractivity (Wildman–Crippen MR) is 106 cm³/mol. The van der Waals surface area contributed by atoms with Crippen LogP contribution in [0.1, 0.15) is 37.0 Å². The van der Waals surface area contributed by atoms with Gasteiger partial charge in [0.05, 0.1) is 30.1 Å². The SMILES string of the molecule is COC(=O)C1CCN(C(=O)c2ccc(S(=O)(=O)N3C[C@@H](C)O[C@H](C)C3)cc2)CC1. The molecule has 2 saturated heterocycles. The van der Waals surface area contributed by atoms with Crippen LogP contribution in [-0.4, -0.2) is 75.0 Å². The fourth-order valence-corrected chi connectivity index (χ4v) is 5.50. The zero-order valence-electron chi connectivity index (χ0n) is 17.0. The highest BCUT2D eigenvalue weighted by molar-refractivity contribution is 7.89. The monoisotopic (exact) mass is 424 g/mol. The average molecular weight is 425 g/mol. The summed E-state index contributed by atoms with van der Waals surface area (Å²) >= 11 is 0. The third-order valence-corrected chi connectivity index (χ3v) is 7.29. The van der Waals surface area contributed by atoms with Crippen LogP contribution in [0.3, 0.4) is 0 Å². The van der Waals surface area contributed by atoms with Crippen molar-refractivity contribution in [1.82, 2.24) is 9.21 Å². The van der Waals surface area contributed by atoms with Crippen molar-refractivity contribution in [3.8, 4) is 0 Å². The summed E-state index contributed by atoms with van der Waals surface area (Å²) in [6.45, 7) is 5.27. The number of morpholine rings is 1. The van der Waals surface area contributed by atoms with E-state index in [1.165, 1.54) is 23.5 Å². The van der Waals surface area contributed by atoms with Gasteiger partial charge in [0.15, 0.2) is 0 Å². The molecule has 160 valence electrons. The Morgan fingerprint density at radius 3 is 2.10 bits per heavy atom. The van der Waals surface area contributed by atoms with Gasteiger partial charge in [0.25, 0.3) is 5.91 Å². The molecule has 0 aromatic heterocycles. The normalized spacial score (nSPS) is 24.3. The van der Waals surface area contributed by atoms with Crippen LogP contribution in [-0.2, 0) is 24.3 Å². The van der Waals surface area contributed by atoms with Gasteiger partial charge in [0, 0.05) is 31.7 Å². The van der Waals surface area contributed by atoms with Gasteiger partial charge in [0.2, 0.25) is 10.0 Å². The minimum atomic E-state index is -3.64. The smallest absolute Gasteiger partial charge is 0.308 e. The second-order valence-electron chi connectivity index (χ2n) is 7.69. The van der Waals surface area contributed by atoms with Crippen molar-refractivity contribution in [2.45, 2.75) is 43.8 Å². The second-order valence-corrected chi connectivity index (χ2v) is 9.63. The number of esters is 1. The van der Waals surface area contributed by atoms with Gasteiger partial charge in [-0.05, 0) is 51.0 Å². The number of ether oxygens (including phenoxy) is 2. The Kier molecular flexibility index (Phi) is 6.60. The van der Waals surface area contributed by atoms with E-state index in [9.17, 15) is 18.0 Å². The number of carbonyl (C=O) groups excluding carboxylic acids is 2. The molecule has 2 aliphatic heterocycles. The molecule has 0 saturated carbocycles. The Labute approximate surface area is 171 Å². The second kappa shape index (κ2) is 8.81. The summed E-state index contributed by atoms with van der Waals surface area (Å²) in [5.74, 6) is -0.570. The number of sulfonamides is 1. The first-order valence-corrected chi connectivity index (χ1v) is 11.3. The number of carbonyl (C=O) groups is 2. The van der Waals surface area contributed by atoms with E-state index in [1.807, 2.05) is 13.8 Å². The molecule has 1 aromatic carbocycles. The van der Waals surface area contributed by atoms with E-state index in [0.717, 1.165) is 0 Å². The van der Waals surface area contributed by atoms with Crippen molar-refractivity contribution in [2.75, 3.05) is 33.3 Å². The Morgan fingerprint density at radius 1 is 1.03 bits per heavy atom. The molecule has 1 amide bonds. The summed E-state index contributed by atoms with van der Waals surface area (Å²) in [5, 5.41) is 0. The van der Waals surface area contributed by atoms with Gasteiger partial charge in [-0.3, -0.25) is 9.59 Å². The molecule has 0 N–H and O–H groups in total. The van der Waals surface area contributed by atoms with Crippen LogP contribution in [0.2, 0.25) is 0 Å². The Morgan fingerprint density at radius 2 is 1.59 bits per heavy atom. The van der Waals surface area contributed by atoms with E-state index in [0.29, 0.717) is 44.6 Å². The highest BCUT2D eigenvalue weighted by Gasteiger charge is 2.33. The number of rotatable bonds is 4. The largest absolute Gasteiger partial charge is 0.469 e. The van der Waals surface area contributed by atoms with Gasteiger partial charge in [-0.15, -0.1) is 0 Å². The molecule has 0 bridgehead atoms. The number of nitrogens with zero attached hydrogens (tertiary/aromatic N) is 2. The molecule has 2 fully saturated rings. The summed E-state index contributed by atoms with van der Waals surface area (Å²) in [7, 11) is -2.27. The molecule has 3 rings (SSSR count). The topological polar surface area (TPSA) is 93.2 Å². The van der Waals surface area contributed by atoms with Crippen molar-refractivity contribution in [2.24, 2.45) is 5.92 Å². The van der Waals surface area contributed by atoms with Crippen molar-refractivity contribution in [1.29, 1.82) is 0 Å². The highest BCUT2D eigenvalue weighted by atomic mass is 32.2. The van der Waals surface area contributed by atoms with Gasteiger partial charge in [-0.25, -0.2) is 8.42 Å². The lowest BCUT2D eigenvalue weighted by atomic mass is 9.96. The van der Waals surface area contributed by atoms with E-state index in [2.05, 4.69) is 0 Å². The molecule has 0 aliphatic carbocycles. The lowest BCUT2D eigenvalue weighted by Gasteiger charge is -2.34. The highest BCUT2D eigenvalue weighted by Crippen LogP contribution is 2.23. The van der Waals surface area contributed by atoms with E-state index in [-0.39, 0.29) is 34.9 Å². The third kappa shape index (κ3) is 4.79. The molecule has 2 heterocycles. The molecule has 0 radical (unpaired) electrons. The van der Waals surface area contributed by atoms with E-state index >= 15 is 0 Å². The van der Waals surface area contributed by atoms with Crippen LogP contribution in [0.5, 0.6) is 0 Å². The summed E-state index contributed by atoms with van der Waals surface area (Å²) in [6.07, 6.45) is 0.806. The van der Waals surface area contributed by atoms with Crippen LogP contribution in [0, 0.1) is 5.92 Å². The van der Waals surface area contributed by atoms with Crippen molar-refractivity contribution in [3.05, 3.63) is 29.8 Å². The molecule has 29 heavy (non-hydrogen) atoms. The fourth-order valence-electron chi connectivity index (χ4n) is 3.91. The number of methoxy groups -OCH3 is 1. The molecule has 2 aliphatic rings. The van der Waals surface area contributed by atoms with Crippen LogP contribution < -0.4 is 0 Å². The third-order valence-electron chi connectivity index (χ3n) is 5.44. The lowest BCUT2D eigenvalue weighted by molar-refractivity contribution is -0.146. The Balaban J connectivity index is 1.67. The number of benzene rings is 1. The minimum Gasteiger partial charge on any atom is -0.469 e. The first kappa shape index (κ1) is 21.7. The molecule has 0 spiro atoms. The lowest BCUT2D eigenvalue weighted by Crippen LogP contribution is -2.48. The van der Waals surface area contributed by atoms with Gasteiger partial charge in [0.1, 0.15) is 0 Å². The van der Waals surface area contributed by atoms with Crippen molar-refractivity contribution >= 4 is 21.9 Å². The maximum absolute atomic E-state index is 12.9. The summed E-state index contributed by atoms with van der Waals surface area (Å²) in [6, 6.07) is 6.06. The predicted octanol–water partition coefficient (Wildman–Crippen LogP) is 1.51. The number of piperidine rings is 1. The van der Waals surface area contributed by atoms with Crippen LogP contribution in [0.25, 0.3) is 0 Å². The summed E-state index contributed by atoms with van der Waals surface area (Å²) in [4.78, 5) is 26.2. The first-order valence-electron chi connectivity index (χ1n) is 9.85. The zero-order valence-corrected chi connectivity index (χ0v) is 17.9. The minimum absolute atomic E-state index is 0.161. The molecule has 9 heteroatoms. The molecule has 8 nitrogen and oxygen atoms in total. The maximum atomic E-state index is 12.9. The fraction of sp³-hybridized carbons (Fsp3) is 0.600. The van der Waals surface area contributed by atoms with E-state index in [1.54, 1.807) is 17.0 Å². The molecule has 0 unspecified atom stereocenters. The number of amides is 1. The molecular formula is C20H28N2O6S. The van der Waals surface area contributed by atoms with Gasteiger partial charge in [-0.1, -0.05) is 0 Å². The van der Waals surface area contributed by atoms with Gasteiger partial charge in [-0.2, -0.15) is 4.31 Å². The number of hydrogen-bond donors (Lipinski definition) is 0. The quantitative estimate of drug-likeness (QED) is 0.680.